The minimum absolute atomic E-state index is 0.0290. The minimum atomic E-state index is 0.0290. The fourth-order valence-corrected chi connectivity index (χ4v) is 0.947. The van der Waals surface area contributed by atoms with Gasteiger partial charge in [-0.15, -0.1) is 0 Å². The molecule has 1 rings (SSSR count). The molecule has 3 heteroatoms. The van der Waals surface area contributed by atoms with E-state index in [1.54, 1.807) is 18.4 Å². The Hall–Kier alpha value is -1.02. The average molecular weight is 170 g/mol. The molecule has 0 aliphatic heterocycles. The topological polar surface area (TPSA) is 37.3 Å². The van der Waals surface area contributed by atoms with Crippen molar-refractivity contribution >= 4 is 17.9 Å². The summed E-state index contributed by atoms with van der Waals surface area (Å²) in [6.07, 6.45) is 1.95. The largest absolute Gasteiger partial charge is 0.506 e. The average Bonchev–Trinajstić information content (AvgIpc) is 1.98. The Morgan fingerprint density at radius 1 is 1.55 bits per heavy atom. The van der Waals surface area contributed by atoms with Gasteiger partial charge >= 0.3 is 0 Å². The fraction of sp³-hybridized carbons (Fsp3) is 0.125. The molecule has 0 fully saturated rings. The van der Waals surface area contributed by atoms with Crippen LogP contribution >= 0.6 is 11.6 Å². The zero-order chi connectivity index (χ0) is 8.27. The van der Waals surface area contributed by atoms with Crippen LogP contribution in [0.2, 0.25) is 5.02 Å². The summed E-state index contributed by atoms with van der Waals surface area (Å²) < 4.78 is 0. The van der Waals surface area contributed by atoms with E-state index in [0.717, 1.165) is 5.56 Å². The molecule has 0 aromatic heterocycles. The van der Waals surface area contributed by atoms with Gasteiger partial charge in [0, 0.05) is 6.42 Å². The molecule has 1 aromatic carbocycles. The van der Waals surface area contributed by atoms with Gasteiger partial charge in [-0.1, -0.05) is 17.7 Å². The van der Waals surface area contributed by atoms with E-state index < -0.39 is 0 Å². The fourth-order valence-electron chi connectivity index (χ4n) is 0.744. The van der Waals surface area contributed by atoms with E-state index in [-0.39, 0.29) is 17.2 Å². The van der Waals surface area contributed by atoms with E-state index in [1.165, 1.54) is 6.07 Å². The molecule has 2 nitrogen and oxygen atoms in total. The van der Waals surface area contributed by atoms with Crippen molar-refractivity contribution in [1.29, 1.82) is 0 Å². The summed E-state index contributed by atoms with van der Waals surface area (Å²) >= 11 is 5.57. The third-order valence-corrected chi connectivity index (χ3v) is 1.59. The summed E-state index contributed by atoms with van der Waals surface area (Å²) in [7, 11) is 0. The van der Waals surface area contributed by atoms with Crippen molar-refractivity contribution in [3.63, 3.8) is 0 Å². The summed E-state index contributed by atoms with van der Waals surface area (Å²) in [6, 6.07) is 4.63. The number of aromatic hydroxyl groups is 1. The number of hydrogen-bond donors (Lipinski definition) is 1. The molecule has 0 aliphatic rings. The molecule has 57 valence electrons. The van der Waals surface area contributed by atoms with Gasteiger partial charge in [-0.25, -0.2) is 0 Å². The number of rotatable bonds is 2. The van der Waals surface area contributed by atoms with Gasteiger partial charge in [-0.05, 0) is 17.7 Å². The normalized spacial score (nSPS) is 9.55. The molecule has 1 N–H and O–H groups in total. The molecule has 11 heavy (non-hydrogen) atoms. The van der Waals surface area contributed by atoms with E-state index in [9.17, 15) is 4.79 Å². The summed E-state index contributed by atoms with van der Waals surface area (Å²) in [5, 5.41) is 9.24. The number of phenolic OH excluding ortho intramolecular Hbond substituents is 1. The molecular formula is C8H6ClO2. The summed E-state index contributed by atoms with van der Waals surface area (Å²) in [6.45, 7) is 0. The summed E-state index contributed by atoms with van der Waals surface area (Å²) in [5.74, 6) is 0.0290. The lowest BCUT2D eigenvalue weighted by Gasteiger charge is -1.97. The minimum Gasteiger partial charge on any atom is -0.506 e. The van der Waals surface area contributed by atoms with Crippen LogP contribution in [0.5, 0.6) is 5.75 Å². The number of carbonyl (C=O) groups excluding carboxylic acids is 1. The maximum absolute atomic E-state index is 9.94. The lowest BCUT2D eigenvalue weighted by molar-refractivity contribution is 0.475. The van der Waals surface area contributed by atoms with Crippen LogP contribution in [-0.4, -0.2) is 11.4 Å². The predicted molar refractivity (Wildman–Crippen MR) is 42.5 cm³/mol. The first-order valence-electron chi connectivity index (χ1n) is 3.06. The molecule has 0 heterocycles. The monoisotopic (exact) mass is 169 g/mol. The smallest absolute Gasteiger partial charge is 0.203 e. The van der Waals surface area contributed by atoms with Gasteiger partial charge < -0.3 is 5.11 Å². The first-order valence-corrected chi connectivity index (χ1v) is 3.44. The third-order valence-electron chi connectivity index (χ3n) is 1.29. The molecule has 0 atom stereocenters. The molecule has 0 spiro atoms. The Kier molecular flexibility index (Phi) is 2.49. The lowest BCUT2D eigenvalue weighted by Crippen LogP contribution is -1.84. The molecular weight excluding hydrogens is 164 g/mol. The van der Waals surface area contributed by atoms with E-state index in [1.807, 2.05) is 0 Å². The second kappa shape index (κ2) is 3.39. The Morgan fingerprint density at radius 2 is 2.27 bits per heavy atom. The first-order chi connectivity index (χ1) is 5.24. The lowest BCUT2D eigenvalue weighted by atomic mass is 10.2. The van der Waals surface area contributed by atoms with Crippen molar-refractivity contribution < 1.29 is 9.90 Å². The highest BCUT2D eigenvalue weighted by atomic mass is 35.5. The van der Waals surface area contributed by atoms with Crippen LogP contribution < -0.4 is 0 Å². The second-order valence-corrected chi connectivity index (χ2v) is 2.51. The maximum Gasteiger partial charge on any atom is 0.203 e. The van der Waals surface area contributed by atoms with Crippen LogP contribution in [0.25, 0.3) is 0 Å². The Labute approximate surface area is 69.4 Å². The SMILES string of the molecule is O=[C]Cc1ccc(O)c(Cl)c1. The molecule has 1 aromatic rings. The van der Waals surface area contributed by atoms with Crippen molar-refractivity contribution in [2.24, 2.45) is 0 Å². The standard InChI is InChI=1S/C8H6ClO2/c9-7-5-6(3-4-10)1-2-8(7)11/h1-2,5,11H,3H2. The second-order valence-electron chi connectivity index (χ2n) is 2.11. The van der Waals surface area contributed by atoms with Gasteiger partial charge in [0.15, 0.2) is 0 Å². The quantitative estimate of drug-likeness (QED) is 0.732. The van der Waals surface area contributed by atoms with Crippen molar-refractivity contribution in [3.8, 4) is 5.75 Å². The molecule has 0 unspecified atom stereocenters. The molecule has 0 saturated heterocycles. The van der Waals surface area contributed by atoms with E-state index in [2.05, 4.69) is 0 Å². The van der Waals surface area contributed by atoms with Crippen molar-refractivity contribution in [3.05, 3.63) is 28.8 Å². The number of halogens is 1. The number of benzene rings is 1. The third kappa shape index (κ3) is 1.95. The predicted octanol–water partition coefficient (Wildman–Crippen LogP) is 1.70. The Balaban J connectivity index is 2.95. The van der Waals surface area contributed by atoms with Crippen LogP contribution in [-0.2, 0) is 11.2 Å². The van der Waals surface area contributed by atoms with Gasteiger partial charge in [0.2, 0.25) is 6.29 Å². The van der Waals surface area contributed by atoms with E-state index >= 15 is 0 Å². The van der Waals surface area contributed by atoms with Crippen molar-refractivity contribution in [2.45, 2.75) is 6.42 Å². The zero-order valence-corrected chi connectivity index (χ0v) is 6.43. The maximum atomic E-state index is 9.94. The molecule has 0 amide bonds. The van der Waals surface area contributed by atoms with Crippen LogP contribution in [0.15, 0.2) is 18.2 Å². The molecule has 0 bridgehead atoms. The first kappa shape index (κ1) is 8.08. The highest BCUT2D eigenvalue weighted by Crippen LogP contribution is 2.23. The molecule has 1 radical (unpaired) electrons. The number of hydrogen-bond acceptors (Lipinski definition) is 2. The van der Waals surface area contributed by atoms with Crippen LogP contribution in [0.3, 0.4) is 0 Å². The van der Waals surface area contributed by atoms with Crippen molar-refractivity contribution in [2.75, 3.05) is 0 Å². The van der Waals surface area contributed by atoms with Crippen LogP contribution in [0.4, 0.5) is 0 Å². The zero-order valence-electron chi connectivity index (χ0n) is 5.67. The van der Waals surface area contributed by atoms with Gasteiger partial charge in [-0.3, -0.25) is 4.79 Å². The number of phenols is 1. The highest BCUT2D eigenvalue weighted by molar-refractivity contribution is 6.32. The highest BCUT2D eigenvalue weighted by Gasteiger charge is 1.98. The Bertz CT molecular complexity index is 271. The van der Waals surface area contributed by atoms with Crippen LogP contribution in [0.1, 0.15) is 5.56 Å². The van der Waals surface area contributed by atoms with Gasteiger partial charge in [0.1, 0.15) is 5.75 Å². The van der Waals surface area contributed by atoms with Gasteiger partial charge in [0.25, 0.3) is 0 Å². The molecule has 0 saturated carbocycles. The van der Waals surface area contributed by atoms with Crippen LogP contribution in [0, 0.1) is 0 Å². The summed E-state index contributed by atoms with van der Waals surface area (Å²) in [4.78, 5) is 9.94. The van der Waals surface area contributed by atoms with E-state index in [0.29, 0.717) is 0 Å². The van der Waals surface area contributed by atoms with Gasteiger partial charge in [-0.2, -0.15) is 0 Å². The van der Waals surface area contributed by atoms with Gasteiger partial charge in [0.05, 0.1) is 5.02 Å². The summed E-state index contributed by atoms with van der Waals surface area (Å²) in [5.41, 5.74) is 0.753. The molecule has 0 aliphatic carbocycles. The van der Waals surface area contributed by atoms with Crippen molar-refractivity contribution in [1.82, 2.24) is 0 Å². The van der Waals surface area contributed by atoms with E-state index in [4.69, 9.17) is 16.7 Å². The Morgan fingerprint density at radius 3 is 2.82 bits per heavy atom.